The molecule has 12 heavy (non-hydrogen) atoms. The van der Waals surface area contributed by atoms with E-state index >= 15 is 0 Å². The molecule has 0 aromatic rings. The maximum absolute atomic E-state index is 2.70. The van der Waals surface area contributed by atoms with Crippen LogP contribution in [0.15, 0.2) is 0 Å². The summed E-state index contributed by atoms with van der Waals surface area (Å²) in [6, 6.07) is 1.90. The van der Waals surface area contributed by atoms with Crippen LogP contribution in [0.25, 0.3) is 0 Å². The summed E-state index contributed by atoms with van der Waals surface area (Å²) in [6.07, 6.45) is 7.52. The Labute approximate surface area is 75.1 Å². The fourth-order valence-corrected chi connectivity index (χ4v) is 4.32. The normalized spacial score (nSPS) is 58.0. The highest BCUT2D eigenvalue weighted by Gasteiger charge is 2.54. The largest absolute Gasteiger partial charge is 0.300 e. The summed E-state index contributed by atoms with van der Waals surface area (Å²) in [5.74, 6) is 1.05. The molecule has 3 aliphatic rings. The first kappa shape index (κ1) is 7.37. The minimum Gasteiger partial charge on any atom is -0.300 e. The van der Waals surface area contributed by atoms with Gasteiger partial charge in [-0.2, -0.15) is 0 Å². The van der Waals surface area contributed by atoms with Crippen LogP contribution in [0, 0.1) is 11.3 Å². The molecule has 0 radical (unpaired) electrons. The summed E-state index contributed by atoms with van der Waals surface area (Å²) < 4.78 is 0. The Kier molecular flexibility index (Phi) is 1.27. The summed E-state index contributed by atoms with van der Waals surface area (Å²) in [7, 11) is 2.36. The molecule has 4 atom stereocenters. The van der Waals surface area contributed by atoms with Crippen LogP contribution >= 0.6 is 0 Å². The van der Waals surface area contributed by atoms with Gasteiger partial charge in [0, 0.05) is 12.1 Å². The molecule has 0 amide bonds. The van der Waals surface area contributed by atoms with E-state index < -0.39 is 0 Å². The van der Waals surface area contributed by atoms with Crippen molar-refractivity contribution in [3.63, 3.8) is 0 Å². The van der Waals surface area contributed by atoms with E-state index in [2.05, 4.69) is 18.9 Å². The average molecular weight is 165 g/mol. The van der Waals surface area contributed by atoms with Crippen molar-refractivity contribution in [2.24, 2.45) is 11.3 Å². The molecule has 0 aromatic carbocycles. The first-order valence-corrected chi connectivity index (χ1v) is 5.43. The van der Waals surface area contributed by atoms with Crippen LogP contribution in [0.3, 0.4) is 0 Å². The van der Waals surface area contributed by atoms with Gasteiger partial charge in [-0.15, -0.1) is 0 Å². The van der Waals surface area contributed by atoms with Crippen LogP contribution < -0.4 is 0 Å². The monoisotopic (exact) mass is 165 g/mol. The third kappa shape index (κ3) is 0.693. The number of rotatable bonds is 0. The van der Waals surface area contributed by atoms with E-state index in [1.807, 2.05) is 0 Å². The van der Waals surface area contributed by atoms with Crippen LogP contribution in [0.1, 0.15) is 39.0 Å². The predicted molar refractivity (Wildman–Crippen MR) is 50.0 cm³/mol. The summed E-state index contributed by atoms with van der Waals surface area (Å²) in [6.45, 7) is 2.52. The van der Waals surface area contributed by atoms with Crippen molar-refractivity contribution in [1.82, 2.24) is 4.90 Å². The van der Waals surface area contributed by atoms with Gasteiger partial charge in [-0.3, -0.25) is 4.90 Å². The van der Waals surface area contributed by atoms with Crippen molar-refractivity contribution in [2.75, 3.05) is 7.05 Å². The molecule has 3 rings (SSSR count). The van der Waals surface area contributed by atoms with Crippen LogP contribution in [0.4, 0.5) is 0 Å². The zero-order valence-corrected chi connectivity index (χ0v) is 8.21. The van der Waals surface area contributed by atoms with Crippen molar-refractivity contribution < 1.29 is 0 Å². The van der Waals surface area contributed by atoms with Gasteiger partial charge in [0.25, 0.3) is 0 Å². The van der Waals surface area contributed by atoms with Crippen molar-refractivity contribution in [2.45, 2.75) is 51.1 Å². The number of nitrogens with zero attached hydrogens (tertiary/aromatic N) is 1. The lowest BCUT2D eigenvalue weighted by molar-refractivity contribution is 0.0549. The molecule has 68 valence electrons. The Bertz CT molecular complexity index is 211. The van der Waals surface area contributed by atoms with Gasteiger partial charge in [0.1, 0.15) is 0 Å². The van der Waals surface area contributed by atoms with Crippen LogP contribution in [-0.4, -0.2) is 24.0 Å². The van der Waals surface area contributed by atoms with E-state index in [0.717, 1.165) is 18.0 Å². The van der Waals surface area contributed by atoms with Gasteiger partial charge in [-0.1, -0.05) is 6.92 Å². The molecule has 2 saturated heterocycles. The van der Waals surface area contributed by atoms with E-state index in [4.69, 9.17) is 0 Å². The van der Waals surface area contributed by atoms with Gasteiger partial charge in [0.05, 0.1) is 0 Å². The molecule has 1 aliphatic carbocycles. The molecule has 4 unspecified atom stereocenters. The van der Waals surface area contributed by atoms with E-state index in [9.17, 15) is 0 Å². The van der Waals surface area contributed by atoms with E-state index in [-0.39, 0.29) is 0 Å². The molecular formula is C11H19N. The highest BCUT2D eigenvalue weighted by Crippen LogP contribution is 2.57. The Balaban J connectivity index is 2.02. The average Bonchev–Trinajstić information content (AvgIpc) is 2.47. The minimum absolute atomic E-state index is 0.701. The maximum atomic E-state index is 2.70. The molecule has 3 fully saturated rings. The number of piperidine rings is 1. The van der Waals surface area contributed by atoms with Crippen LogP contribution in [-0.2, 0) is 0 Å². The lowest BCUT2D eigenvalue weighted by atomic mass is 9.77. The second-order valence-corrected chi connectivity index (χ2v) is 5.48. The SMILES string of the molecule is CN1C2CCC1C1(C)CCC2C1. The summed E-state index contributed by atoms with van der Waals surface area (Å²) in [5.41, 5.74) is 0.701. The standard InChI is InChI=1S/C11H19N/c1-11-6-5-8(7-11)9-3-4-10(11)12(9)2/h8-10H,3-7H2,1-2H3. The minimum atomic E-state index is 0.701. The van der Waals surface area contributed by atoms with E-state index in [0.29, 0.717) is 5.41 Å². The van der Waals surface area contributed by atoms with Crippen LogP contribution in [0.2, 0.25) is 0 Å². The summed E-state index contributed by atoms with van der Waals surface area (Å²) in [5, 5.41) is 0. The third-order valence-electron chi connectivity index (χ3n) is 4.91. The molecule has 1 heteroatoms. The van der Waals surface area contributed by atoms with Crippen LogP contribution in [0.5, 0.6) is 0 Å². The third-order valence-corrected chi connectivity index (χ3v) is 4.91. The predicted octanol–water partition coefficient (Wildman–Crippen LogP) is 2.27. The fraction of sp³-hybridized carbons (Fsp3) is 1.00. The zero-order chi connectivity index (χ0) is 8.34. The van der Waals surface area contributed by atoms with Gasteiger partial charge >= 0.3 is 0 Å². The molecule has 1 saturated carbocycles. The molecule has 2 aliphatic heterocycles. The molecule has 4 bridgehead atoms. The maximum Gasteiger partial charge on any atom is 0.0150 e. The van der Waals surface area contributed by atoms with Crippen molar-refractivity contribution >= 4 is 0 Å². The quantitative estimate of drug-likeness (QED) is 0.532. The number of hydrogen-bond donors (Lipinski definition) is 0. The van der Waals surface area contributed by atoms with Crippen molar-refractivity contribution in [3.8, 4) is 0 Å². The molecule has 1 nitrogen and oxygen atoms in total. The van der Waals surface area contributed by atoms with E-state index in [1.165, 1.54) is 32.1 Å². The Morgan fingerprint density at radius 2 is 2.08 bits per heavy atom. The lowest BCUT2D eigenvalue weighted by Crippen LogP contribution is -2.47. The highest BCUT2D eigenvalue weighted by molar-refractivity contribution is 5.08. The molecule has 0 aromatic heterocycles. The number of fused-ring (bicyclic) bond motifs is 6. The topological polar surface area (TPSA) is 3.24 Å². The highest BCUT2D eigenvalue weighted by atomic mass is 15.2. The van der Waals surface area contributed by atoms with Gasteiger partial charge in [-0.05, 0) is 50.5 Å². The van der Waals surface area contributed by atoms with Gasteiger partial charge < -0.3 is 0 Å². The molecule has 0 spiro atoms. The molecule has 2 heterocycles. The zero-order valence-electron chi connectivity index (χ0n) is 8.21. The second-order valence-electron chi connectivity index (χ2n) is 5.48. The smallest absolute Gasteiger partial charge is 0.0150 e. The van der Waals surface area contributed by atoms with E-state index in [1.54, 1.807) is 0 Å². The summed E-state index contributed by atoms with van der Waals surface area (Å²) in [4.78, 5) is 2.70. The lowest BCUT2D eigenvalue weighted by Gasteiger charge is -2.43. The Morgan fingerprint density at radius 1 is 1.25 bits per heavy atom. The van der Waals surface area contributed by atoms with Crippen molar-refractivity contribution in [3.05, 3.63) is 0 Å². The summed E-state index contributed by atoms with van der Waals surface area (Å²) >= 11 is 0. The second kappa shape index (κ2) is 2.06. The van der Waals surface area contributed by atoms with Crippen molar-refractivity contribution in [1.29, 1.82) is 0 Å². The number of hydrogen-bond acceptors (Lipinski definition) is 1. The molecular weight excluding hydrogens is 146 g/mol. The first-order chi connectivity index (χ1) is 5.71. The fourth-order valence-electron chi connectivity index (χ4n) is 4.32. The Morgan fingerprint density at radius 3 is 2.92 bits per heavy atom. The first-order valence-electron chi connectivity index (χ1n) is 5.43. The Hall–Kier alpha value is -0.0400. The molecule has 0 N–H and O–H groups in total. The van der Waals surface area contributed by atoms with Gasteiger partial charge in [-0.25, -0.2) is 0 Å². The van der Waals surface area contributed by atoms with Gasteiger partial charge in [0.15, 0.2) is 0 Å². The van der Waals surface area contributed by atoms with Gasteiger partial charge in [0.2, 0.25) is 0 Å².